The smallest absolute Gasteiger partial charge is 0.438 e. The Labute approximate surface area is 110 Å². The standard InChI is InChI=1S/C12H9F3N2O3/c1-6-9(18)10(12(13,14)15)16-17(6)8-4-2-7(3-5-8)11(19)20/h2-5,18H,1H3,(H,19,20). The Bertz CT molecular complexity index is 660. The van der Waals surface area contributed by atoms with Crippen LogP contribution in [0.1, 0.15) is 21.7 Å². The van der Waals surface area contributed by atoms with Crippen LogP contribution in [0.25, 0.3) is 5.69 Å². The fourth-order valence-corrected chi connectivity index (χ4v) is 1.68. The molecule has 5 nitrogen and oxygen atoms in total. The quantitative estimate of drug-likeness (QED) is 0.889. The minimum atomic E-state index is -4.76. The number of benzene rings is 1. The number of hydrogen-bond acceptors (Lipinski definition) is 3. The largest absolute Gasteiger partial charge is 0.504 e. The molecule has 1 heterocycles. The molecule has 0 spiro atoms. The number of halogens is 3. The van der Waals surface area contributed by atoms with Gasteiger partial charge in [0, 0.05) is 0 Å². The first-order valence-electron chi connectivity index (χ1n) is 5.41. The van der Waals surface area contributed by atoms with Crippen molar-refractivity contribution < 1.29 is 28.2 Å². The van der Waals surface area contributed by atoms with Gasteiger partial charge in [0.15, 0.2) is 5.75 Å². The Kier molecular flexibility index (Phi) is 3.16. The zero-order valence-corrected chi connectivity index (χ0v) is 10.1. The Hall–Kier alpha value is -2.51. The van der Waals surface area contributed by atoms with E-state index in [1.54, 1.807) is 0 Å². The zero-order valence-electron chi connectivity index (χ0n) is 10.1. The minimum Gasteiger partial charge on any atom is -0.504 e. The maximum absolute atomic E-state index is 12.6. The van der Waals surface area contributed by atoms with Crippen LogP contribution in [0.4, 0.5) is 13.2 Å². The summed E-state index contributed by atoms with van der Waals surface area (Å²) in [4.78, 5) is 10.7. The molecule has 0 aliphatic carbocycles. The molecular weight excluding hydrogens is 277 g/mol. The van der Waals surface area contributed by atoms with Crippen LogP contribution in [0.2, 0.25) is 0 Å². The summed E-state index contributed by atoms with van der Waals surface area (Å²) in [5.74, 6) is -2.09. The molecule has 106 valence electrons. The lowest BCUT2D eigenvalue weighted by atomic mass is 10.2. The van der Waals surface area contributed by atoms with Gasteiger partial charge in [-0.25, -0.2) is 9.48 Å². The molecule has 0 bridgehead atoms. The second-order valence-corrected chi connectivity index (χ2v) is 4.04. The molecule has 0 radical (unpaired) electrons. The molecule has 0 unspecified atom stereocenters. The molecule has 2 N–H and O–H groups in total. The number of rotatable bonds is 2. The number of aromatic carboxylic acids is 1. The second-order valence-electron chi connectivity index (χ2n) is 4.04. The summed E-state index contributed by atoms with van der Waals surface area (Å²) >= 11 is 0. The first-order chi connectivity index (χ1) is 9.21. The van der Waals surface area contributed by atoms with E-state index < -0.39 is 23.6 Å². The first kappa shape index (κ1) is 13.9. The molecule has 1 aromatic carbocycles. The first-order valence-corrected chi connectivity index (χ1v) is 5.41. The third-order valence-electron chi connectivity index (χ3n) is 2.71. The van der Waals surface area contributed by atoms with Gasteiger partial charge in [0.25, 0.3) is 0 Å². The van der Waals surface area contributed by atoms with E-state index >= 15 is 0 Å². The molecule has 8 heteroatoms. The van der Waals surface area contributed by atoms with E-state index in [1.807, 2.05) is 0 Å². The Morgan fingerprint density at radius 2 is 1.80 bits per heavy atom. The van der Waals surface area contributed by atoms with Gasteiger partial charge in [-0.2, -0.15) is 18.3 Å². The number of nitrogens with zero attached hydrogens (tertiary/aromatic N) is 2. The third-order valence-corrected chi connectivity index (χ3v) is 2.71. The van der Waals surface area contributed by atoms with Gasteiger partial charge in [0.05, 0.1) is 16.9 Å². The predicted molar refractivity (Wildman–Crippen MR) is 61.9 cm³/mol. The van der Waals surface area contributed by atoms with Crippen LogP contribution in [0.15, 0.2) is 24.3 Å². The molecular formula is C12H9F3N2O3. The molecule has 0 saturated carbocycles. The number of alkyl halides is 3. The van der Waals surface area contributed by atoms with Crippen LogP contribution in [0.5, 0.6) is 5.75 Å². The molecule has 0 fully saturated rings. The summed E-state index contributed by atoms with van der Waals surface area (Å²) in [7, 11) is 0. The lowest BCUT2D eigenvalue weighted by Crippen LogP contribution is -2.07. The van der Waals surface area contributed by atoms with Crippen molar-refractivity contribution in [2.75, 3.05) is 0 Å². The maximum Gasteiger partial charge on any atom is 0.438 e. The summed E-state index contributed by atoms with van der Waals surface area (Å²) in [6.07, 6.45) is -4.76. The van der Waals surface area contributed by atoms with Crippen LogP contribution in [0.3, 0.4) is 0 Å². The highest BCUT2D eigenvalue weighted by Gasteiger charge is 2.39. The number of aromatic hydroxyl groups is 1. The third kappa shape index (κ3) is 2.31. The van der Waals surface area contributed by atoms with E-state index in [1.165, 1.54) is 31.2 Å². The molecule has 0 saturated heterocycles. The molecule has 2 rings (SSSR count). The van der Waals surface area contributed by atoms with E-state index in [0.717, 1.165) is 4.68 Å². The van der Waals surface area contributed by atoms with Crippen LogP contribution in [0, 0.1) is 6.92 Å². The number of aromatic nitrogens is 2. The number of hydrogen-bond donors (Lipinski definition) is 2. The highest BCUT2D eigenvalue weighted by Crippen LogP contribution is 2.37. The van der Waals surface area contributed by atoms with Crippen LogP contribution in [-0.4, -0.2) is 26.0 Å². The molecule has 0 aliphatic rings. The molecule has 2 aromatic rings. The number of carbonyl (C=O) groups is 1. The van der Waals surface area contributed by atoms with Gasteiger partial charge in [-0.3, -0.25) is 0 Å². The van der Waals surface area contributed by atoms with Crippen molar-refractivity contribution in [1.82, 2.24) is 9.78 Å². The Morgan fingerprint density at radius 3 is 2.20 bits per heavy atom. The minimum absolute atomic E-state index is 0.00109. The fourth-order valence-electron chi connectivity index (χ4n) is 1.68. The van der Waals surface area contributed by atoms with E-state index in [9.17, 15) is 23.1 Å². The summed E-state index contributed by atoms with van der Waals surface area (Å²) in [5.41, 5.74) is -1.24. The molecule has 0 amide bonds. The van der Waals surface area contributed by atoms with Gasteiger partial charge >= 0.3 is 12.1 Å². The van der Waals surface area contributed by atoms with E-state index in [2.05, 4.69) is 5.10 Å². The van der Waals surface area contributed by atoms with Crippen LogP contribution in [-0.2, 0) is 6.18 Å². The van der Waals surface area contributed by atoms with Gasteiger partial charge in [0.1, 0.15) is 0 Å². The highest BCUT2D eigenvalue weighted by molar-refractivity contribution is 5.87. The van der Waals surface area contributed by atoms with Crippen molar-refractivity contribution in [3.63, 3.8) is 0 Å². The summed E-state index contributed by atoms with van der Waals surface area (Å²) < 4.78 is 38.7. The number of carboxylic acid groups (broad SMARTS) is 1. The van der Waals surface area contributed by atoms with Gasteiger partial charge in [-0.1, -0.05) is 0 Å². The second kappa shape index (κ2) is 4.55. The topological polar surface area (TPSA) is 75.4 Å². The van der Waals surface area contributed by atoms with Crippen molar-refractivity contribution in [2.45, 2.75) is 13.1 Å². The predicted octanol–water partition coefficient (Wildman–Crippen LogP) is 2.60. The normalized spacial score (nSPS) is 11.6. The maximum atomic E-state index is 12.6. The number of carboxylic acids is 1. The van der Waals surface area contributed by atoms with Crippen molar-refractivity contribution in [2.24, 2.45) is 0 Å². The summed E-state index contributed by atoms with van der Waals surface area (Å²) in [6, 6.07) is 5.10. The highest BCUT2D eigenvalue weighted by atomic mass is 19.4. The van der Waals surface area contributed by atoms with Crippen molar-refractivity contribution in [3.05, 3.63) is 41.2 Å². The van der Waals surface area contributed by atoms with Gasteiger partial charge in [-0.05, 0) is 31.2 Å². The van der Waals surface area contributed by atoms with E-state index in [-0.39, 0.29) is 16.9 Å². The molecule has 0 aliphatic heterocycles. The Balaban J connectivity index is 2.51. The van der Waals surface area contributed by atoms with Crippen molar-refractivity contribution in [3.8, 4) is 11.4 Å². The van der Waals surface area contributed by atoms with Gasteiger partial charge in [-0.15, -0.1) is 0 Å². The average Bonchev–Trinajstić information content (AvgIpc) is 2.66. The van der Waals surface area contributed by atoms with Crippen LogP contribution < -0.4 is 0 Å². The van der Waals surface area contributed by atoms with Crippen molar-refractivity contribution in [1.29, 1.82) is 0 Å². The summed E-state index contributed by atoms with van der Waals surface area (Å²) in [5, 5.41) is 21.5. The van der Waals surface area contributed by atoms with E-state index in [0.29, 0.717) is 0 Å². The summed E-state index contributed by atoms with van der Waals surface area (Å²) in [6.45, 7) is 1.28. The van der Waals surface area contributed by atoms with E-state index in [4.69, 9.17) is 5.11 Å². The molecule has 0 atom stereocenters. The van der Waals surface area contributed by atoms with Crippen molar-refractivity contribution >= 4 is 5.97 Å². The molecule has 1 aromatic heterocycles. The lowest BCUT2D eigenvalue weighted by Gasteiger charge is -2.04. The Morgan fingerprint density at radius 1 is 1.25 bits per heavy atom. The van der Waals surface area contributed by atoms with Crippen LogP contribution >= 0.6 is 0 Å². The molecule has 20 heavy (non-hydrogen) atoms. The van der Waals surface area contributed by atoms with Gasteiger partial charge in [0.2, 0.25) is 5.69 Å². The lowest BCUT2D eigenvalue weighted by molar-refractivity contribution is -0.142. The fraction of sp³-hybridized carbons (Fsp3) is 0.167. The monoisotopic (exact) mass is 286 g/mol. The average molecular weight is 286 g/mol. The van der Waals surface area contributed by atoms with Gasteiger partial charge < -0.3 is 10.2 Å². The zero-order chi connectivity index (χ0) is 15.1. The SMILES string of the molecule is Cc1c(O)c(C(F)(F)F)nn1-c1ccc(C(=O)O)cc1.